The number of hydrogen-bond acceptors (Lipinski definition) is 5. The molecule has 0 radical (unpaired) electrons. The molecule has 2 fully saturated rings. The fourth-order valence-corrected chi connectivity index (χ4v) is 4.33. The zero-order valence-corrected chi connectivity index (χ0v) is 15.8. The van der Waals surface area contributed by atoms with E-state index in [0.717, 1.165) is 37.6 Å². The Morgan fingerprint density at radius 3 is 2.22 bits per heavy atom. The maximum absolute atomic E-state index is 12.6. The summed E-state index contributed by atoms with van der Waals surface area (Å²) in [5, 5.41) is 0. The van der Waals surface area contributed by atoms with Crippen molar-refractivity contribution >= 4 is 17.5 Å². The fraction of sp³-hybridized carbons (Fsp3) is 0.524. The van der Waals surface area contributed by atoms with Crippen LogP contribution >= 0.6 is 0 Å². The zero-order chi connectivity index (χ0) is 18.8. The molecule has 2 amide bonds. The van der Waals surface area contributed by atoms with E-state index in [-0.39, 0.29) is 23.7 Å². The summed E-state index contributed by atoms with van der Waals surface area (Å²) in [5.74, 6) is 0.663. The van der Waals surface area contributed by atoms with Crippen LogP contribution in [0.2, 0.25) is 0 Å². The van der Waals surface area contributed by atoms with Gasteiger partial charge in [-0.3, -0.25) is 19.4 Å². The van der Waals surface area contributed by atoms with E-state index in [9.17, 15) is 9.59 Å². The molecule has 3 aliphatic rings. The molecular weight excluding hydrogens is 342 g/mol. The molecule has 6 nitrogen and oxygen atoms in total. The number of amides is 2. The van der Waals surface area contributed by atoms with E-state index in [0.29, 0.717) is 26.1 Å². The van der Waals surface area contributed by atoms with Gasteiger partial charge in [-0.15, -0.1) is 0 Å². The molecule has 4 rings (SSSR count). The quantitative estimate of drug-likeness (QED) is 0.588. The van der Waals surface area contributed by atoms with Crippen molar-refractivity contribution in [1.29, 1.82) is 0 Å². The fourth-order valence-electron chi connectivity index (χ4n) is 4.33. The first-order valence-corrected chi connectivity index (χ1v) is 9.88. The van der Waals surface area contributed by atoms with Gasteiger partial charge in [0.2, 0.25) is 11.8 Å². The van der Waals surface area contributed by atoms with E-state index < -0.39 is 0 Å². The van der Waals surface area contributed by atoms with Gasteiger partial charge in [0, 0.05) is 26.2 Å². The third-order valence-corrected chi connectivity index (χ3v) is 5.82. The number of carbonyl (C=O) groups excluding carboxylic acids is 2. The number of imide groups is 1. The molecule has 2 heterocycles. The van der Waals surface area contributed by atoms with Crippen LogP contribution in [0.15, 0.2) is 36.4 Å². The van der Waals surface area contributed by atoms with Crippen LogP contribution in [0.25, 0.3) is 0 Å². The van der Waals surface area contributed by atoms with Gasteiger partial charge in [-0.25, -0.2) is 0 Å². The number of allylic oxidation sites excluding steroid dienone is 2. The highest BCUT2D eigenvalue weighted by Gasteiger charge is 2.47. The van der Waals surface area contributed by atoms with Crippen LogP contribution in [0.1, 0.15) is 19.8 Å². The molecular formula is C21H27N3O3. The van der Waals surface area contributed by atoms with E-state index in [4.69, 9.17) is 4.74 Å². The molecule has 1 aromatic rings. The Bertz CT molecular complexity index is 714. The van der Waals surface area contributed by atoms with Crippen molar-refractivity contribution in [2.24, 2.45) is 11.8 Å². The van der Waals surface area contributed by atoms with Gasteiger partial charge in [-0.05, 0) is 31.9 Å². The Morgan fingerprint density at radius 2 is 1.59 bits per heavy atom. The third kappa shape index (κ3) is 3.46. The minimum atomic E-state index is -0.137. The Kier molecular flexibility index (Phi) is 5.16. The van der Waals surface area contributed by atoms with Crippen LogP contribution < -0.4 is 9.64 Å². The Balaban J connectivity index is 1.36. The lowest BCUT2D eigenvalue weighted by molar-refractivity contribution is -0.142. The standard InChI is InChI=1S/C21H27N3O3/c1-2-27-19-10-6-5-9-18(19)23-13-11-22(12-14-23)15-24-20(25)16-7-3-4-8-17(16)21(24)26/h3-6,9-10,16-17H,2,7-8,11-15H2,1H3/t16-,17+. The SMILES string of the molecule is CCOc1ccccc1N1CCN(CN2C(=O)[C@H]3CC=CC[C@H]3C2=O)CC1. The topological polar surface area (TPSA) is 53.1 Å². The lowest BCUT2D eigenvalue weighted by Gasteiger charge is -2.37. The molecule has 0 spiro atoms. The largest absolute Gasteiger partial charge is 0.492 e. The maximum Gasteiger partial charge on any atom is 0.234 e. The second-order valence-corrected chi connectivity index (χ2v) is 7.41. The third-order valence-electron chi connectivity index (χ3n) is 5.82. The van der Waals surface area contributed by atoms with Crippen LogP contribution in [-0.2, 0) is 9.59 Å². The second kappa shape index (κ2) is 7.72. The minimum Gasteiger partial charge on any atom is -0.492 e. The number of nitrogens with zero attached hydrogens (tertiary/aromatic N) is 3. The van der Waals surface area contributed by atoms with Crippen molar-refractivity contribution in [3.63, 3.8) is 0 Å². The van der Waals surface area contributed by atoms with Crippen LogP contribution in [0, 0.1) is 11.8 Å². The first kappa shape index (κ1) is 18.0. The van der Waals surface area contributed by atoms with Crippen molar-refractivity contribution in [2.45, 2.75) is 19.8 Å². The number of anilines is 1. The summed E-state index contributed by atoms with van der Waals surface area (Å²) in [6, 6.07) is 8.11. The second-order valence-electron chi connectivity index (χ2n) is 7.41. The monoisotopic (exact) mass is 369 g/mol. The molecule has 0 N–H and O–H groups in total. The van der Waals surface area contributed by atoms with Crippen LogP contribution in [0.5, 0.6) is 5.75 Å². The molecule has 2 saturated heterocycles. The molecule has 144 valence electrons. The number of para-hydroxylation sites is 2. The predicted octanol–water partition coefficient (Wildman–Crippen LogP) is 2.12. The van der Waals surface area contributed by atoms with Gasteiger partial charge >= 0.3 is 0 Å². The van der Waals surface area contributed by atoms with Gasteiger partial charge < -0.3 is 9.64 Å². The number of piperazine rings is 1. The number of ether oxygens (including phenoxy) is 1. The van der Waals surface area contributed by atoms with E-state index in [1.54, 1.807) is 0 Å². The van der Waals surface area contributed by atoms with E-state index in [1.807, 2.05) is 37.3 Å². The lowest BCUT2D eigenvalue weighted by atomic mass is 9.85. The summed E-state index contributed by atoms with van der Waals surface area (Å²) in [7, 11) is 0. The molecule has 0 aromatic heterocycles. The number of carbonyl (C=O) groups is 2. The summed E-state index contributed by atoms with van der Waals surface area (Å²) < 4.78 is 5.75. The first-order chi connectivity index (χ1) is 13.2. The minimum absolute atomic E-state index is 0.0125. The number of benzene rings is 1. The van der Waals surface area contributed by atoms with Gasteiger partial charge in [-0.1, -0.05) is 24.3 Å². The van der Waals surface area contributed by atoms with Gasteiger partial charge in [0.1, 0.15) is 5.75 Å². The van der Waals surface area contributed by atoms with E-state index >= 15 is 0 Å². The highest BCUT2D eigenvalue weighted by molar-refractivity contribution is 6.05. The number of rotatable bonds is 5. The zero-order valence-electron chi connectivity index (χ0n) is 15.8. The van der Waals surface area contributed by atoms with Crippen LogP contribution in [0.3, 0.4) is 0 Å². The smallest absolute Gasteiger partial charge is 0.234 e. The summed E-state index contributed by atoms with van der Waals surface area (Å²) in [4.78, 5) is 31.3. The first-order valence-electron chi connectivity index (χ1n) is 9.88. The van der Waals surface area contributed by atoms with Crippen molar-refractivity contribution in [1.82, 2.24) is 9.80 Å². The van der Waals surface area contributed by atoms with E-state index in [1.165, 1.54) is 4.90 Å². The average Bonchev–Trinajstić information content (AvgIpc) is 2.95. The number of fused-ring (bicyclic) bond motifs is 1. The van der Waals surface area contributed by atoms with Crippen molar-refractivity contribution in [2.75, 3.05) is 44.4 Å². The molecule has 2 atom stereocenters. The number of hydrogen-bond donors (Lipinski definition) is 0. The van der Waals surface area contributed by atoms with Crippen molar-refractivity contribution in [3.05, 3.63) is 36.4 Å². The van der Waals surface area contributed by atoms with E-state index in [2.05, 4.69) is 15.9 Å². The molecule has 1 aliphatic carbocycles. The molecule has 1 aromatic carbocycles. The highest BCUT2D eigenvalue weighted by Crippen LogP contribution is 2.35. The normalized spacial score (nSPS) is 25.8. The van der Waals surface area contributed by atoms with Gasteiger partial charge in [0.25, 0.3) is 0 Å². The number of likely N-dealkylation sites (tertiary alicyclic amines) is 1. The molecule has 6 heteroatoms. The van der Waals surface area contributed by atoms with Crippen molar-refractivity contribution in [3.8, 4) is 5.75 Å². The highest BCUT2D eigenvalue weighted by atomic mass is 16.5. The Labute approximate surface area is 160 Å². The van der Waals surface area contributed by atoms with Crippen LogP contribution in [0.4, 0.5) is 5.69 Å². The van der Waals surface area contributed by atoms with Gasteiger partial charge in [0.05, 0.1) is 30.8 Å². The maximum atomic E-state index is 12.6. The Morgan fingerprint density at radius 1 is 0.963 bits per heavy atom. The van der Waals surface area contributed by atoms with Gasteiger partial charge in [-0.2, -0.15) is 0 Å². The predicted molar refractivity (Wildman–Crippen MR) is 103 cm³/mol. The lowest BCUT2D eigenvalue weighted by Crippen LogP contribution is -2.51. The molecule has 0 saturated carbocycles. The summed E-state index contributed by atoms with van der Waals surface area (Å²) in [5.41, 5.74) is 1.12. The summed E-state index contributed by atoms with van der Waals surface area (Å²) in [6.07, 6.45) is 5.47. The van der Waals surface area contributed by atoms with Gasteiger partial charge in [0.15, 0.2) is 0 Å². The average molecular weight is 369 g/mol. The molecule has 27 heavy (non-hydrogen) atoms. The molecule has 0 bridgehead atoms. The van der Waals surface area contributed by atoms with Crippen molar-refractivity contribution < 1.29 is 14.3 Å². The summed E-state index contributed by atoms with van der Waals surface area (Å²) in [6.45, 7) is 6.42. The molecule has 0 unspecified atom stereocenters. The van der Waals surface area contributed by atoms with Crippen LogP contribution in [-0.4, -0.2) is 61.1 Å². The summed E-state index contributed by atoms with van der Waals surface area (Å²) >= 11 is 0. The molecule has 2 aliphatic heterocycles. The Hall–Kier alpha value is -2.34.